The van der Waals surface area contributed by atoms with Gasteiger partial charge in [-0.2, -0.15) is 0 Å². The number of benzene rings is 2. The number of carbonyl (C=O) groups excluding carboxylic acids is 2. The Morgan fingerprint density at radius 1 is 1.03 bits per heavy atom. The molecule has 1 heterocycles. The van der Waals surface area contributed by atoms with Gasteiger partial charge in [0.25, 0.3) is 5.69 Å². The minimum atomic E-state index is -0.799. The molecule has 2 aromatic rings. The van der Waals surface area contributed by atoms with Crippen molar-refractivity contribution in [2.45, 2.75) is 18.9 Å². The van der Waals surface area contributed by atoms with Gasteiger partial charge in [0.2, 0.25) is 0 Å². The molecule has 1 saturated heterocycles. The van der Waals surface area contributed by atoms with Gasteiger partial charge in [-0.1, -0.05) is 12.1 Å². The van der Waals surface area contributed by atoms with E-state index in [0.29, 0.717) is 12.2 Å². The fourth-order valence-corrected chi connectivity index (χ4v) is 3.81. The second-order valence-corrected chi connectivity index (χ2v) is 7.87. The van der Waals surface area contributed by atoms with Crippen molar-refractivity contribution in [1.82, 2.24) is 5.32 Å². The van der Waals surface area contributed by atoms with Crippen LogP contribution in [0.5, 0.6) is 0 Å². The summed E-state index contributed by atoms with van der Waals surface area (Å²) in [5, 5.41) is 15.9. The highest BCUT2D eigenvalue weighted by atomic mass is 16.6. The van der Waals surface area contributed by atoms with Crippen molar-refractivity contribution in [1.29, 1.82) is 0 Å². The van der Waals surface area contributed by atoms with E-state index in [1.54, 1.807) is 0 Å². The van der Waals surface area contributed by atoms with Crippen LogP contribution in [0.3, 0.4) is 0 Å². The Hall–Kier alpha value is -3.46. The number of quaternary nitrogens is 1. The van der Waals surface area contributed by atoms with E-state index in [-0.39, 0.29) is 11.7 Å². The summed E-state index contributed by atoms with van der Waals surface area (Å²) < 4.78 is 0. The van der Waals surface area contributed by atoms with Gasteiger partial charge in [0.15, 0.2) is 0 Å². The lowest BCUT2D eigenvalue weighted by Crippen LogP contribution is -3.11. The van der Waals surface area contributed by atoms with Gasteiger partial charge in [0.1, 0.15) is 6.04 Å². The van der Waals surface area contributed by atoms with E-state index in [4.69, 9.17) is 0 Å². The standard InChI is InChI=1S/C22H27N5O4/c1-25(2)18-9-5-16(6-10-18)20(26-13-3-4-14-26)15-23-21(28)22(29)24-17-7-11-19(12-8-17)27(30)31/h5-12,20H,3-4,13-15H2,1-2H3,(H,23,28)(H,24,29)/p+1/t20-/m0/s1. The number of carbonyl (C=O) groups is 2. The zero-order valence-electron chi connectivity index (χ0n) is 17.8. The Morgan fingerprint density at radius 2 is 1.65 bits per heavy atom. The van der Waals surface area contributed by atoms with Gasteiger partial charge < -0.3 is 20.4 Å². The zero-order valence-corrected chi connectivity index (χ0v) is 17.8. The molecule has 164 valence electrons. The number of hydrogen-bond donors (Lipinski definition) is 3. The number of nitro groups is 1. The maximum absolute atomic E-state index is 12.4. The smallest absolute Gasteiger partial charge is 0.313 e. The highest BCUT2D eigenvalue weighted by Gasteiger charge is 2.28. The number of nitro benzene ring substituents is 1. The molecule has 31 heavy (non-hydrogen) atoms. The number of nitrogens with one attached hydrogen (secondary N) is 3. The van der Waals surface area contributed by atoms with E-state index >= 15 is 0 Å². The molecule has 0 unspecified atom stereocenters. The van der Waals surface area contributed by atoms with E-state index in [0.717, 1.165) is 37.2 Å². The predicted molar refractivity (Wildman–Crippen MR) is 118 cm³/mol. The predicted octanol–water partition coefficient (Wildman–Crippen LogP) is 1.14. The maximum Gasteiger partial charge on any atom is 0.313 e. The van der Waals surface area contributed by atoms with E-state index in [9.17, 15) is 19.7 Å². The summed E-state index contributed by atoms with van der Waals surface area (Å²) in [6, 6.07) is 13.7. The second kappa shape index (κ2) is 10.0. The monoisotopic (exact) mass is 426 g/mol. The van der Waals surface area contributed by atoms with Gasteiger partial charge in [-0.25, -0.2) is 0 Å². The minimum absolute atomic E-state index is 0.0647. The highest BCUT2D eigenvalue weighted by Crippen LogP contribution is 2.17. The Labute approximate surface area is 181 Å². The van der Waals surface area contributed by atoms with Crippen molar-refractivity contribution in [2.24, 2.45) is 0 Å². The fraction of sp³-hybridized carbons (Fsp3) is 0.364. The first-order chi connectivity index (χ1) is 14.8. The summed E-state index contributed by atoms with van der Waals surface area (Å²) in [5.41, 5.74) is 2.47. The topological polar surface area (TPSA) is 109 Å². The van der Waals surface area contributed by atoms with Gasteiger partial charge >= 0.3 is 11.8 Å². The van der Waals surface area contributed by atoms with Crippen LogP contribution in [0.1, 0.15) is 24.4 Å². The summed E-state index contributed by atoms with van der Waals surface area (Å²) in [5.74, 6) is -1.53. The lowest BCUT2D eigenvalue weighted by molar-refractivity contribution is -0.918. The van der Waals surface area contributed by atoms with Crippen molar-refractivity contribution in [3.05, 3.63) is 64.2 Å². The summed E-state index contributed by atoms with van der Waals surface area (Å²) in [6.07, 6.45) is 2.30. The zero-order chi connectivity index (χ0) is 22.4. The van der Waals surface area contributed by atoms with Gasteiger partial charge in [0, 0.05) is 56.0 Å². The third-order valence-corrected chi connectivity index (χ3v) is 5.56. The summed E-state index contributed by atoms with van der Waals surface area (Å²) in [4.78, 5) is 38.2. The Morgan fingerprint density at radius 3 is 2.19 bits per heavy atom. The molecule has 1 aliphatic heterocycles. The number of likely N-dealkylation sites (tertiary alicyclic amines) is 1. The molecule has 2 amide bonds. The van der Waals surface area contributed by atoms with Gasteiger partial charge in [0.05, 0.1) is 24.6 Å². The number of hydrogen-bond acceptors (Lipinski definition) is 5. The first kappa shape index (κ1) is 22.2. The third kappa shape index (κ3) is 5.79. The van der Waals surface area contributed by atoms with Crippen LogP contribution < -0.4 is 20.4 Å². The second-order valence-electron chi connectivity index (χ2n) is 7.87. The van der Waals surface area contributed by atoms with E-state index in [1.807, 2.05) is 19.0 Å². The van der Waals surface area contributed by atoms with Crippen LogP contribution in [-0.2, 0) is 9.59 Å². The average molecular weight is 426 g/mol. The molecule has 2 aromatic carbocycles. The molecule has 3 N–H and O–H groups in total. The van der Waals surface area contributed by atoms with E-state index < -0.39 is 16.7 Å². The van der Waals surface area contributed by atoms with Crippen molar-refractivity contribution < 1.29 is 19.4 Å². The van der Waals surface area contributed by atoms with Crippen LogP contribution in [0.15, 0.2) is 48.5 Å². The molecule has 1 atom stereocenters. The molecule has 1 fully saturated rings. The molecule has 9 heteroatoms. The SMILES string of the molecule is CN(C)c1ccc([C@H](CNC(=O)C(=O)Nc2ccc([N+](=O)[O-])cc2)[NH+]2CCCC2)cc1. The molecule has 3 rings (SSSR count). The molecule has 0 saturated carbocycles. The third-order valence-electron chi connectivity index (χ3n) is 5.56. The lowest BCUT2D eigenvalue weighted by atomic mass is 10.0. The Kier molecular flexibility index (Phi) is 7.19. The summed E-state index contributed by atoms with van der Waals surface area (Å²) in [7, 11) is 3.98. The van der Waals surface area contributed by atoms with E-state index in [1.165, 1.54) is 29.2 Å². The summed E-state index contributed by atoms with van der Waals surface area (Å²) >= 11 is 0. The first-order valence-electron chi connectivity index (χ1n) is 10.3. The largest absolute Gasteiger partial charge is 0.378 e. The molecule has 0 aliphatic carbocycles. The molecule has 0 aromatic heterocycles. The van der Waals surface area contributed by atoms with E-state index in [2.05, 4.69) is 34.9 Å². The van der Waals surface area contributed by atoms with Crippen molar-refractivity contribution in [3.8, 4) is 0 Å². The van der Waals surface area contributed by atoms with Gasteiger partial charge in [-0.3, -0.25) is 19.7 Å². The van der Waals surface area contributed by atoms with Crippen molar-refractivity contribution in [2.75, 3.05) is 43.9 Å². The maximum atomic E-state index is 12.4. The van der Waals surface area contributed by atoms with Crippen LogP contribution in [0.4, 0.5) is 17.1 Å². The van der Waals surface area contributed by atoms with Gasteiger partial charge in [-0.15, -0.1) is 0 Å². The Balaban J connectivity index is 1.62. The molecule has 0 spiro atoms. The lowest BCUT2D eigenvalue weighted by Gasteiger charge is -2.25. The number of anilines is 2. The summed E-state index contributed by atoms with van der Waals surface area (Å²) in [6.45, 7) is 2.42. The van der Waals surface area contributed by atoms with Crippen molar-refractivity contribution in [3.63, 3.8) is 0 Å². The molecule has 0 radical (unpaired) electrons. The van der Waals surface area contributed by atoms with Crippen LogP contribution >= 0.6 is 0 Å². The number of amides is 2. The van der Waals surface area contributed by atoms with Crippen LogP contribution in [-0.4, -0.2) is 50.5 Å². The average Bonchev–Trinajstić information content (AvgIpc) is 3.29. The first-order valence-corrected chi connectivity index (χ1v) is 10.3. The fourth-order valence-electron chi connectivity index (χ4n) is 3.81. The molecule has 0 bridgehead atoms. The number of rotatable bonds is 7. The molecular formula is C22H28N5O4+. The Bertz CT molecular complexity index is 922. The minimum Gasteiger partial charge on any atom is -0.378 e. The number of non-ortho nitro benzene ring substituents is 1. The normalized spacial score (nSPS) is 14.6. The number of nitrogens with zero attached hydrogens (tertiary/aromatic N) is 2. The van der Waals surface area contributed by atoms with Crippen LogP contribution in [0.2, 0.25) is 0 Å². The van der Waals surface area contributed by atoms with Gasteiger partial charge in [-0.05, 0) is 24.3 Å². The molecule has 1 aliphatic rings. The molecule has 9 nitrogen and oxygen atoms in total. The van der Waals surface area contributed by atoms with Crippen LogP contribution in [0, 0.1) is 10.1 Å². The van der Waals surface area contributed by atoms with Crippen LogP contribution in [0.25, 0.3) is 0 Å². The molecular weight excluding hydrogens is 398 g/mol. The van der Waals surface area contributed by atoms with Crippen molar-refractivity contribution >= 4 is 28.9 Å². The highest BCUT2D eigenvalue weighted by molar-refractivity contribution is 6.39. The quantitative estimate of drug-likeness (QED) is 0.349.